The Labute approximate surface area is 164 Å². The van der Waals surface area contributed by atoms with E-state index in [2.05, 4.69) is 11.4 Å². The number of ether oxygens (including phenoxy) is 3. The van der Waals surface area contributed by atoms with E-state index < -0.39 is 5.97 Å². The number of fused-ring (bicyclic) bond motifs is 1. The topological polar surface area (TPSA) is 73.9 Å². The van der Waals surface area contributed by atoms with Crippen molar-refractivity contribution in [3.8, 4) is 11.5 Å². The number of nitrogens with one attached hydrogen (secondary N) is 1. The second-order valence-corrected chi connectivity index (χ2v) is 6.62. The average molecular weight is 383 g/mol. The maximum atomic E-state index is 12.2. The van der Waals surface area contributed by atoms with Gasteiger partial charge < -0.3 is 19.5 Å². The van der Waals surface area contributed by atoms with Crippen LogP contribution in [0, 0.1) is 0 Å². The molecule has 0 bridgehead atoms. The lowest BCUT2D eigenvalue weighted by Gasteiger charge is -2.26. The molecule has 0 aliphatic heterocycles. The molecule has 6 heteroatoms. The molecule has 6 nitrogen and oxygen atoms in total. The number of aryl methyl sites for hydroxylation is 1. The molecular weight excluding hydrogens is 358 g/mol. The Morgan fingerprint density at radius 2 is 1.82 bits per heavy atom. The zero-order valence-corrected chi connectivity index (χ0v) is 16.0. The molecule has 1 atom stereocenters. The normalized spacial score (nSPS) is 15.2. The minimum atomic E-state index is -0.478. The van der Waals surface area contributed by atoms with Gasteiger partial charge in [0.05, 0.1) is 26.2 Å². The number of carbonyl (C=O) groups is 2. The van der Waals surface area contributed by atoms with Crippen LogP contribution in [0.25, 0.3) is 0 Å². The fraction of sp³-hybridized carbons (Fsp3) is 0.364. The number of hydrogen-bond donors (Lipinski definition) is 1. The molecule has 1 aliphatic rings. The lowest BCUT2D eigenvalue weighted by Crippen LogP contribution is -2.34. The number of benzene rings is 2. The van der Waals surface area contributed by atoms with E-state index in [0.29, 0.717) is 11.5 Å². The molecule has 0 fully saturated rings. The van der Waals surface area contributed by atoms with Gasteiger partial charge in [-0.25, -0.2) is 0 Å². The second kappa shape index (κ2) is 9.78. The summed E-state index contributed by atoms with van der Waals surface area (Å²) >= 11 is 0. The van der Waals surface area contributed by atoms with Gasteiger partial charge in [-0.1, -0.05) is 36.4 Å². The van der Waals surface area contributed by atoms with E-state index in [-0.39, 0.29) is 31.6 Å². The molecule has 0 spiro atoms. The number of methoxy groups -OCH3 is 1. The molecule has 1 amide bonds. The third kappa shape index (κ3) is 5.25. The lowest BCUT2D eigenvalue weighted by atomic mass is 9.88. The Bertz CT molecular complexity index is 820. The highest BCUT2D eigenvalue weighted by Crippen LogP contribution is 2.29. The number of para-hydroxylation sites is 2. The fourth-order valence-electron chi connectivity index (χ4n) is 3.34. The van der Waals surface area contributed by atoms with Crippen LogP contribution in [0.3, 0.4) is 0 Å². The zero-order chi connectivity index (χ0) is 19.8. The van der Waals surface area contributed by atoms with Crippen LogP contribution in [0.1, 0.15) is 36.4 Å². The summed E-state index contributed by atoms with van der Waals surface area (Å²) in [7, 11) is 1.56. The van der Waals surface area contributed by atoms with E-state index in [1.807, 2.05) is 30.3 Å². The second-order valence-electron chi connectivity index (χ2n) is 6.62. The van der Waals surface area contributed by atoms with Gasteiger partial charge >= 0.3 is 5.97 Å². The third-order valence-electron chi connectivity index (χ3n) is 4.70. The monoisotopic (exact) mass is 383 g/mol. The van der Waals surface area contributed by atoms with Crippen molar-refractivity contribution in [3.05, 3.63) is 59.7 Å². The Morgan fingerprint density at radius 1 is 1.07 bits per heavy atom. The van der Waals surface area contributed by atoms with Crippen molar-refractivity contribution in [1.29, 1.82) is 0 Å². The van der Waals surface area contributed by atoms with Gasteiger partial charge in [0.1, 0.15) is 0 Å². The molecule has 1 N–H and O–H groups in total. The van der Waals surface area contributed by atoms with Crippen LogP contribution < -0.4 is 14.8 Å². The van der Waals surface area contributed by atoms with E-state index in [9.17, 15) is 9.59 Å². The molecule has 0 aromatic heterocycles. The van der Waals surface area contributed by atoms with Gasteiger partial charge in [0.15, 0.2) is 18.1 Å². The van der Waals surface area contributed by atoms with Gasteiger partial charge in [-0.05, 0) is 42.5 Å². The van der Waals surface area contributed by atoms with Gasteiger partial charge in [-0.3, -0.25) is 9.59 Å². The van der Waals surface area contributed by atoms with Gasteiger partial charge in [0.25, 0.3) is 5.91 Å². The van der Waals surface area contributed by atoms with Crippen molar-refractivity contribution in [2.45, 2.75) is 31.7 Å². The van der Waals surface area contributed by atoms with Crippen LogP contribution in [0.2, 0.25) is 0 Å². The Balaban J connectivity index is 1.39. The van der Waals surface area contributed by atoms with Gasteiger partial charge in [-0.15, -0.1) is 0 Å². The first-order valence-corrected chi connectivity index (χ1v) is 9.46. The van der Waals surface area contributed by atoms with Crippen LogP contribution in [-0.4, -0.2) is 32.2 Å². The van der Waals surface area contributed by atoms with Crippen LogP contribution in [0.15, 0.2) is 48.5 Å². The first kappa shape index (κ1) is 19.7. The number of esters is 1. The number of hydrogen-bond acceptors (Lipinski definition) is 5. The predicted molar refractivity (Wildman–Crippen MR) is 104 cm³/mol. The summed E-state index contributed by atoms with van der Waals surface area (Å²) in [6.45, 7) is -0.136. The van der Waals surface area contributed by atoms with Crippen molar-refractivity contribution < 1.29 is 23.8 Å². The highest BCUT2D eigenvalue weighted by Gasteiger charge is 2.21. The molecule has 1 aliphatic carbocycles. The summed E-state index contributed by atoms with van der Waals surface area (Å²) in [5.41, 5.74) is 2.42. The highest BCUT2D eigenvalue weighted by atomic mass is 16.5. The Kier molecular flexibility index (Phi) is 6.89. The quantitative estimate of drug-likeness (QED) is 0.709. The fourth-order valence-corrected chi connectivity index (χ4v) is 3.34. The van der Waals surface area contributed by atoms with E-state index in [0.717, 1.165) is 24.8 Å². The summed E-state index contributed by atoms with van der Waals surface area (Å²) in [6, 6.07) is 15.3. The average Bonchev–Trinajstić information content (AvgIpc) is 2.73. The Morgan fingerprint density at radius 3 is 2.64 bits per heavy atom. The molecule has 0 heterocycles. The van der Waals surface area contributed by atoms with E-state index >= 15 is 0 Å². The molecule has 3 rings (SSSR count). The summed E-state index contributed by atoms with van der Waals surface area (Å²) < 4.78 is 15.8. The predicted octanol–water partition coefficient (Wildman–Crippen LogP) is 3.20. The number of carbonyl (C=O) groups excluding carboxylic acids is 2. The number of amides is 1. The first-order valence-electron chi connectivity index (χ1n) is 9.46. The van der Waals surface area contributed by atoms with Gasteiger partial charge in [-0.2, -0.15) is 0 Å². The first-order chi connectivity index (χ1) is 13.7. The van der Waals surface area contributed by atoms with Crippen LogP contribution in [0.5, 0.6) is 11.5 Å². The van der Waals surface area contributed by atoms with E-state index in [1.165, 1.54) is 5.56 Å². The van der Waals surface area contributed by atoms with Crippen molar-refractivity contribution in [2.24, 2.45) is 0 Å². The molecule has 0 unspecified atom stereocenters. The minimum absolute atomic E-state index is 0.0231. The summed E-state index contributed by atoms with van der Waals surface area (Å²) in [5, 5.41) is 2.96. The zero-order valence-electron chi connectivity index (χ0n) is 16.0. The molecule has 148 valence electrons. The molecule has 0 saturated heterocycles. The molecule has 28 heavy (non-hydrogen) atoms. The Hall–Kier alpha value is -3.02. The van der Waals surface area contributed by atoms with Gasteiger partial charge in [0, 0.05) is 0 Å². The minimum Gasteiger partial charge on any atom is -0.493 e. The van der Waals surface area contributed by atoms with Crippen molar-refractivity contribution in [2.75, 3.05) is 20.3 Å². The van der Waals surface area contributed by atoms with Crippen molar-refractivity contribution in [1.82, 2.24) is 5.32 Å². The van der Waals surface area contributed by atoms with Gasteiger partial charge in [0.2, 0.25) is 0 Å². The third-order valence-corrected chi connectivity index (χ3v) is 4.70. The van der Waals surface area contributed by atoms with Crippen molar-refractivity contribution in [3.63, 3.8) is 0 Å². The number of rotatable bonds is 8. The van der Waals surface area contributed by atoms with E-state index in [1.54, 1.807) is 19.2 Å². The maximum Gasteiger partial charge on any atom is 0.309 e. The largest absolute Gasteiger partial charge is 0.493 e. The highest BCUT2D eigenvalue weighted by molar-refractivity contribution is 5.81. The molecule has 2 aromatic rings. The summed E-state index contributed by atoms with van der Waals surface area (Å²) in [5.74, 6) is 0.393. The van der Waals surface area contributed by atoms with Crippen LogP contribution >= 0.6 is 0 Å². The standard InChI is InChI=1S/C22H25NO5/c1-26-19-11-4-5-12-20(19)27-14-13-22(25)28-15-21(24)23-18-10-6-8-16-7-2-3-9-17(16)18/h2-5,7,9,11-12,18H,6,8,10,13-15H2,1H3,(H,23,24)/t18-/m1/s1. The molecule has 2 aromatic carbocycles. The molecule has 0 saturated carbocycles. The summed E-state index contributed by atoms with van der Waals surface area (Å²) in [6.07, 6.45) is 3.01. The van der Waals surface area contributed by atoms with Crippen molar-refractivity contribution >= 4 is 11.9 Å². The lowest BCUT2D eigenvalue weighted by molar-refractivity contribution is -0.149. The summed E-state index contributed by atoms with van der Waals surface area (Å²) in [4.78, 5) is 24.0. The molecule has 0 radical (unpaired) electrons. The van der Waals surface area contributed by atoms with Crippen LogP contribution in [-0.2, 0) is 20.7 Å². The van der Waals surface area contributed by atoms with E-state index in [4.69, 9.17) is 14.2 Å². The SMILES string of the molecule is COc1ccccc1OCCC(=O)OCC(=O)N[C@@H]1CCCc2ccccc21. The smallest absolute Gasteiger partial charge is 0.309 e. The molecular formula is C22H25NO5. The maximum absolute atomic E-state index is 12.2. The van der Waals surface area contributed by atoms with Crippen LogP contribution in [0.4, 0.5) is 0 Å².